The quantitative estimate of drug-likeness (QED) is 0.0875. The normalized spacial score (nSPS) is 12.6. The average Bonchev–Trinajstić information content (AvgIpc) is 2.64. The number of thiol groups is 1. The van der Waals surface area contributed by atoms with Gasteiger partial charge in [-0.2, -0.15) is 0 Å². The Balaban J connectivity index is 3.12. The van der Waals surface area contributed by atoms with Crippen molar-refractivity contribution in [3.05, 3.63) is 0 Å². The molecule has 0 aromatic carbocycles. The van der Waals surface area contributed by atoms with Crippen LogP contribution < -0.4 is 0 Å². The SMILES string of the molecule is CCCCCCCCCCC[CH2][Sn][CH](S)CCCCCCCCCCC. The Labute approximate surface area is 183 Å². The molecule has 0 saturated carbocycles. The number of rotatable bonds is 22. The monoisotopic (exact) mass is 490 g/mol. The molecule has 0 N–H and O–H groups in total. The molecule has 1 unspecified atom stereocenters. The van der Waals surface area contributed by atoms with E-state index < -0.39 is 0 Å². The van der Waals surface area contributed by atoms with Crippen LogP contribution in [0.2, 0.25) is 4.44 Å². The molecule has 0 aromatic rings. The fourth-order valence-electron chi connectivity index (χ4n) is 3.63. The van der Waals surface area contributed by atoms with Gasteiger partial charge in [0.25, 0.3) is 0 Å². The maximum atomic E-state index is 4.89. The zero-order valence-electron chi connectivity index (χ0n) is 18.4. The molecule has 0 aliphatic heterocycles. The zero-order valence-corrected chi connectivity index (χ0v) is 22.1. The molecule has 26 heavy (non-hydrogen) atoms. The molecular formula is C24H50SSn. The topological polar surface area (TPSA) is 0 Å². The second-order valence-electron chi connectivity index (χ2n) is 8.27. The van der Waals surface area contributed by atoms with E-state index in [1.54, 1.807) is 4.44 Å². The molecule has 0 aliphatic rings. The van der Waals surface area contributed by atoms with E-state index in [9.17, 15) is 0 Å². The van der Waals surface area contributed by atoms with Gasteiger partial charge < -0.3 is 0 Å². The Bertz CT molecular complexity index is 244. The van der Waals surface area contributed by atoms with E-state index in [1.807, 2.05) is 0 Å². The molecule has 0 aliphatic carbocycles. The zero-order chi connectivity index (χ0) is 19.1. The molecule has 0 fully saturated rings. The van der Waals surface area contributed by atoms with Gasteiger partial charge in [-0.25, -0.2) is 0 Å². The summed E-state index contributed by atoms with van der Waals surface area (Å²) in [6.45, 7) is 4.60. The first-order valence-electron chi connectivity index (χ1n) is 12.2. The first kappa shape index (κ1) is 27.1. The second kappa shape index (κ2) is 24.2. The summed E-state index contributed by atoms with van der Waals surface area (Å²) in [6, 6.07) is 0. The molecule has 0 bridgehead atoms. The summed E-state index contributed by atoms with van der Waals surface area (Å²) in [5, 5.41) is 0. The van der Waals surface area contributed by atoms with Gasteiger partial charge in [-0.3, -0.25) is 0 Å². The summed E-state index contributed by atoms with van der Waals surface area (Å²) >= 11 is 4.70. The number of hydrogen-bond donors (Lipinski definition) is 1. The molecule has 1 atom stereocenters. The van der Waals surface area contributed by atoms with Crippen LogP contribution in [0.3, 0.4) is 0 Å². The summed E-state index contributed by atoms with van der Waals surface area (Å²) in [6.07, 6.45) is 29.2. The van der Waals surface area contributed by atoms with Gasteiger partial charge >= 0.3 is 184 Å². The maximum absolute atomic E-state index is 4.89. The van der Waals surface area contributed by atoms with Crippen molar-refractivity contribution in [1.29, 1.82) is 0 Å². The molecule has 2 heteroatoms. The van der Waals surface area contributed by atoms with Gasteiger partial charge in [0.2, 0.25) is 0 Å². The van der Waals surface area contributed by atoms with Gasteiger partial charge in [-0.05, 0) is 0 Å². The number of unbranched alkanes of at least 4 members (excludes halogenated alkanes) is 17. The Kier molecular flexibility index (Phi) is 25.3. The van der Waals surface area contributed by atoms with Crippen molar-refractivity contribution in [2.75, 3.05) is 0 Å². The van der Waals surface area contributed by atoms with Crippen molar-refractivity contribution in [1.82, 2.24) is 0 Å². The van der Waals surface area contributed by atoms with Crippen molar-refractivity contribution in [2.24, 2.45) is 0 Å². The first-order valence-corrected chi connectivity index (χ1v) is 16.4. The van der Waals surface area contributed by atoms with Crippen molar-refractivity contribution in [3.8, 4) is 0 Å². The fraction of sp³-hybridized carbons (Fsp3) is 1.00. The van der Waals surface area contributed by atoms with Crippen molar-refractivity contribution in [3.63, 3.8) is 0 Å². The molecular weight excluding hydrogens is 439 g/mol. The molecule has 0 spiro atoms. The second-order valence-corrected chi connectivity index (χ2v) is 14.9. The standard InChI is InChI=1S/C12H25S.C12H25.Sn/c1-2-3-4-5-6-7-8-9-10-11-12-13;1-3-5-7-9-11-12-10-8-6-4-2;/h12-13H,2-11H2,1H3;1,3-12H2,2H3;. The third-order valence-electron chi connectivity index (χ3n) is 5.49. The van der Waals surface area contributed by atoms with E-state index in [1.165, 1.54) is 128 Å². The van der Waals surface area contributed by atoms with Gasteiger partial charge in [0.05, 0.1) is 0 Å². The fourth-order valence-corrected chi connectivity index (χ4v) is 8.09. The average molecular weight is 489 g/mol. The summed E-state index contributed by atoms with van der Waals surface area (Å²) in [4.78, 5) is 0. The van der Waals surface area contributed by atoms with Crippen molar-refractivity contribution >= 4 is 33.8 Å². The number of hydrogen-bond acceptors (Lipinski definition) is 1. The van der Waals surface area contributed by atoms with Crippen LogP contribution in [0, 0.1) is 0 Å². The third kappa shape index (κ3) is 23.2. The predicted octanol–water partition coefficient (Wildman–Crippen LogP) is 9.21. The van der Waals surface area contributed by atoms with Crippen LogP contribution in [0.1, 0.15) is 142 Å². The van der Waals surface area contributed by atoms with Crippen LogP contribution in [0.15, 0.2) is 0 Å². The minimum absolute atomic E-state index is 0.188. The summed E-state index contributed by atoms with van der Waals surface area (Å²) < 4.78 is 2.41. The first-order chi connectivity index (χ1) is 12.8. The van der Waals surface area contributed by atoms with Crippen molar-refractivity contribution < 1.29 is 0 Å². The van der Waals surface area contributed by atoms with E-state index >= 15 is 0 Å². The van der Waals surface area contributed by atoms with E-state index in [0.29, 0.717) is 0 Å². The summed E-state index contributed by atoms with van der Waals surface area (Å²) in [5.41, 5.74) is 0. The molecule has 0 heterocycles. The Morgan fingerprint density at radius 3 is 1.27 bits per heavy atom. The van der Waals surface area contributed by atoms with Crippen molar-refractivity contribution in [2.45, 2.75) is 150 Å². The summed E-state index contributed by atoms with van der Waals surface area (Å²) in [5.74, 6) is 0. The van der Waals surface area contributed by atoms with Gasteiger partial charge in [0, 0.05) is 0 Å². The van der Waals surface area contributed by atoms with Gasteiger partial charge in [-0.15, -0.1) is 0 Å². The predicted molar refractivity (Wildman–Crippen MR) is 127 cm³/mol. The molecule has 2 radical (unpaired) electrons. The van der Waals surface area contributed by atoms with Crippen LogP contribution in [-0.4, -0.2) is 24.4 Å². The molecule has 156 valence electrons. The Morgan fingerprint density at radius 2 is 0.846 bits per heavy atom. The van der Waals surface area contributed by atoms with E-state index in [0.717, 1.165) is 3.27 Å². The van der Waals surface area contributed by atoms with E-state index in [4.69, 9.17) is 12.6 Å². The minimum atomic E-state index is -0.188. The van der Waals surface area contributed by atoms with Crippen LogP contribution in [0.25, 0.3) is 0 Å². The molecule has 0 aromatic heterocycles. The van der Waals surface area contributed by atoms with Gasteiger partial charge in [-0.1, -0.05) is 0 Å². The Morgan fingerprint density at radius 1 is 0.500 bits per heavy atom. The summed E-state index contributed by atoms with van der Waals surface area (Å²) in [7, 11) is 0. The van der Waals surface area contributed by atoms with E-state index in [2.05, 4.69) is 13.8 Å². The van der Waals surface area contributed by atoms with Gasteiger partial charge in [0.15, 0.2) is 0 Å². The molecule has 0 saturated heterocycles. The Hall–Kier alpha value is 1.15. The molecule has 0 rings (SSSR count). The third-order valence-corrected chi connectivity index (χ3v) is 11.0. The van der Waals surface area contributed by atoms with E-state index in [-0.39, 0.29) is 21.1 Å². The molecule has 0 nitrogen and oxygen atoms in total. The van der Waals surface area contributed by atoms with Crippen LogP contribution in [0.4, 0.5) is 0 Å². The van der Waals surface area contributed by atoms with Gasteiger partial charge in [0.1, 0.15) is 0 Å². The molecule has 0 amide bonds. The van der Waals surface area contributed by atoms with Crippen LogP contribution >= 0.6 is 12.6 Å². The van der Waals surface area contributed by atoms with Crippen LogP contribution in [0.5, 0.6) is 0 Å². The van der Waals surface area contributed by atoms with Crippen LogP contribution in [-0.2, 0) is 0 Å².